The van der Waals surface area contributed by atoms with Crippen LogP contribution in [0.5, 0.6) is 0 Å². The first-order valence-electron chi connectivity index (χ1n) is 7.42. The molecule has 0 spiro atoms. The number of nitrogens with one attached hydrogen (secondary N) is 1. The second-order valence-electron chi connectivity index (χ2n) is 5.39. The van der Waals surface area contributed by atoms with Crippen LogP contribution >= 0.6 is 23.1 Å². The van der Waals surface area contributed by atoms with Gasteiger partial charge in [-0.15, -0.1) is 11.3 Å². The number of para-hydroxylation sites is 1. The molecule has 0 aliphatic carbocycles. The molecule has 3 rings (SSSR count). The Morgan fingerprint density at radius 2 is 2.04 bits per heavy atom. The summed E-state index contributed by atoms with van der Waals surface area (Å²) in [6.07, 6.45) is 0. The molecule has 0 fully saturated rings. The summed E-state index contributed by atoms with van der Waals surface area (Å²) in [6, 6.07) is 11.7. The Morgan fingerprint density at radius 1 is 1.26 bits per heavy atom. The fraction of sp³-hybridized carbons (Fsp3) is 0.294. The van der Waals surface area contributed by atoms with E-state index in [2.05, 4.69) is 10.3 Å². The van der Waals surface area contributed by atoms with Crippen molar-refractivity contribution in [3.05, 3.63) is 47.9 Å². The highest BCUT2D eigenvalue weighted by atomic mass is 32.2. The molecule has 0 radical (unpaired) electrons. The number of carbonyl (C=O) groups excluding carboxylic acids is 1. The number of hydrogen-bond donors (Lipinski definition) is 1. The minimum Gasteiger partial charge on any atom is -0.464 e. The van der Waals surface area contributed by atoms with Crippen LogP contribution < -0.4 is 5.32 Å². The number of rotatable bonds is 5. The molecule has 0 saturated carbocycles. The standard InChI is InChI=1S/C17H18N2O2S2/c1-10-8-9-14(21-10)11(2)18-16(20)12(3)22-17-19-13-6-4-5-7-15(13)23-17/h4-9,11-12H,1-3H3,(H,18,20)/t11-,12+/m1/s1. The van der Waals surface area contributed by atoms with Crippen molar-refractivity contribution < 1.29 is 9.21 Å². The zero-order chi connectivity index (χ0) is 16.4. The number of furan rings is 1. The number of fused-ring (bicyclic) bond motifs is 1. The molecule has 1 aromatic carbocycles. The van der Waals surface area contributed by atoms with Crippen LogP contribution in [0.3, 0.4) is 0 Å². The first-order valence-corrected chi connectivity index (χ1v) is 9.11. The average Bonchev–Trinajstić information content (AvgIpc) is 3.12. The quantitative estimate of drug-likeness (QED) is 0.688. The van der Waals surface area contributed by atoms with Crippen LogP contribution in [-0.2, 0) is 4.79 Å². The van der Waals surface area contributed by atoms with Gasteiger partial charge >= 0.3 is 0 Å². The maximum Gasteiger partial charge on any atom is 0.233 e. The number of aryl methyl sites for hydroxylation is 1. The molecule has 1 amide bonds. The van der Waals surface area contributed by atoms with Crippen LogP contribution in [0.2, 0.25) is 0 Å². The van der Waals surface area contributed by atoms with Gasteiger partial charge in [-0.2, -0.15) is 0 Å². The van der Waals surface area contributed by atoms with E-state index < -0.39 is 0 Å². The van der Waals surface area contributed by atoms with Gasteiger partial charge in [-0.25, -0.2) is 4.98 Å². The first kappa shape index (κ1) is 16.1. The van der Waals surface area contributed by atoms with E-state index in [4.69, 9.17) is 4.42 Å². The number of carbonyl (C=O) groups is 1. The van der Waals surface area contributed by atoms with Gasteiger partial charge in [-0.3, -0.25) is 4.79 Å². The number of amides is 1. The first-order chi connectivity index (χ1) is 11.0. The van der Waals surface area contributed by atoms with E-state index in [1.807, 2.05) is 57.2 Å². The number of thiazole rings is 1. The van der Waals surface area contributed by atoms with Crippen LogP contribution in [-0.4, -0.2) is 16.1 Å². The minimum absolute atomic E-state index is 0.0178. The Bertz CT molecular complexity index is 792. The lowest BCUT2D eigenvalue weighted by molar-refractivity contribution is -0.121. The fourth-order valence-electron chi connectivity index (χ4n) is 2.19. The fourth-order valence-corrected chi connectivity index (χ4v) is 4.41. The summed E-state index contributed by atoms with van der Waals surface area (Å²) < 4.78 is 7.61. The Balaban J connectivity index is 1.63. The summed E-state index contributed by atoms with van der Waals surface area (Å²) in [6.45, 7) is 5.71. The lowest BCUT2D eigenvalue weighted by atomic mass is 10.2. The normalized spacial score (nSPS) is 13.9. The predicted molar refractivity (Wildman–Crippen MR) is 94.9 cm³/mol. The summed E-state index contributed by atoms with van der Waals surface area (Å²) in [5.74, 6) is 1.60. The lowest BCUT2D eigenvalue weighted by Gasteiger charge is -2.15. The van der Waals surface area contributed by atoms with E-state index in [9.17, 15) is 4.79 Å². The number of benzene rings is 1. The number of aromatic nitrogens is 1. The highest BCUT2D eigenvalue weighted by Gasteiger charge is 2.20. The largest absolute Gasteiger partial charge is 0.464 e. The van der Waals surface area contributed by atoms with Crippen molar-refractivity contribution in [1.29, 1.82) is 0 Å². The molecule has 4 nitrogen and oxygen atoms in total. The average molecular weight is 346 g/mol. The molecule has 2 heterocycles. The van der Waals surface area contributed by atoms with Crippen molar-refractivity contribution in [2.24, 2.45) is 0 Å². The van der Waals surface area contributed by atoms with Crippen molar-refractivity contribution in [3.63, 3.8) is 0 Å². The molecule has 120 valence electrons. The van der Waals surface area contributed by atoms with Gasteiger partial charge in [0, 0.05) is 0 Å². The monoisotopic (exact) mass is 346 g/mol. The summed E-state index contributed by atoms with van der Waals surface area (Å²) >= 11 is 3.10. The van der Waals surface area contributed by atoms with Crippen molar-refractivity contribution in [2.75, 3.05) is 0 Å². The molecule has 2 aromatic heterocycles. The van der Waals surface area contributed by atoms with Crippen molar-refractivity contribution >= 4 is 39.2 Å². The van der Waals surface area contributed by atoms with Gasteiger partial charge in [0.1, 0.15) is 11.5 Å². The highest BCUT2D eigenvalue weighted by Crippen LogP contribution is 2.32. The Labute approximate surface area is 143 Å². The maximum atomic E-state index is 12.4. The summed E-state index contributed by atoms with van der Waals surface area (Å²) in [5.41, 5.74) is 0.979. The van der Waals surface area contributed by atoms with Crippen molar-refractivity contribution in [1.82, 2.24) is 10.3 Å². The van der Waals surface area contributed by atoms with Crippen LogP contribution in [0, 0.1) is 6.92 Å². The predicted octanol–water partition coefficient (Wildman–Crippen LogP) is 4.56. The molecule has 1 N–H and O–H groups in total. The summed E-state index contributed by atoms with van der Waals surface area (Å²) in [7, 11) is 0. The van der Waals surface area contributed by atoms with Gasteiger partial charge < -0.3 is 9.73 Å². The third-order valence-corrected chi connectivity index (χ3v) is 5.70. The van der Waals surface area contributed by atoms with Crippen LogP contribution in [0.25, 0.3) is 10.2 Å². The van der Waals surface area contributed by atoms with E-state index in [0.29, 0.717) is 0 Å². The molecule has 2 atom stereocenters. The van der Waals surface area contributed by atoms with Gasteiger partial charge in [0.25, 0.3) is 0 Å². The SMILES string of the molecule is Cc1ccc([C@@H](C)NC(=O)[C@H](C)Sc2nc3ccccc3s2)o1. The Morgan fingerprint density at radius 3 is 2.74 bits per heavy atom. The molecular weight excluding hydrogens is 328 g/mol. The van der Waals surface area contributed by atoms with Crippen molar-refractivity contribution in [3.8, 4) is 0 Å². The second kappa shape index (κ2) is 6.76. The lowest BCUT2D eigenvalue weighted by Crippen LogP contribution is -2.32. The number of hydrogen-bond acceptors (Lipinski definition) is 5. The van der Waals surface area contributed by atoms with E-state index in [0.717, 1.165) is 26.1 Å². The van der Waals surface area contributed by atoms with Gasteiger partial charge in [-0.05, 0) is 45.0 Å². The van der Waals surface area contributed by atoms with E-state index >= 15 is 0 Å². The van der Waals surface area contributed by atoms with E-state index in [-0.39, 0.29) is 17.2 Å². The van der Waals surface area contributed by atoms with E-state index in [1.54, 1.807) is 11.3 Å². The molecule has 0 unspecified atom stereocenters. The molecule has 3 aromatic rings. The molecule has 23 heavy (non-hydrogen) atoms. The van der Waals surface area contributed by atoms with Gasteiger partial charge in [-0.1, -0.05) is 23.9 Å². The Kier molecular flexibility index (Phi) is 4.73. The number of thioether (sulfide) groups is 1. The highest BCUT2D eigenvalue weighted by molar-refractivity contribution is 8.02. The molecular formula is C17H18N2O2S2. The van der Waals surface area contributed by atoms with Crippen molar-refractivity contribution in [2.45, 2.75) is 36.4 Å². The molecule has 0 aliphatic heterocycles. The Hall–Kier alpha value is -1.79. The third-order valence-electron chi connectivity index (χ3n) is 3.47. The van der Waals surface area contributed by atoms with E-state index in [1.165, 1.54) is 11.8 Å². The smallest absolute Gasteiger partial charge is 0.233 e. The summed E-state index contributed by atoms with van der Waals surface area (Å²) in [5, 5.41) is 2.77. The summed E-state index contributed by atoms with van der Waals surface area (Å²) in [4.78, 5) is 16.9. The van der Waals surface area contributed by atoms with Gasteiger partial charge in [0.2, 0.25) is 5.91 Å². The zero-order valence-corrected chi connectivity index (χ0v) is 14.8. The minimum atomic E-state index is -0.214. The zero-order valence-electron chi connectivity index (χ0n) is 13.2. The molecule has 6 heteroatoms. The van der Waals surface area contributed by atoms with Crippen LogP contribution in [0.15, 0.2) is 45.2 Å². The second-order valence-corrected chi connectivity index (χ2v) is 8.00. The molecule has 0 aliphatic rings. The van der Waals surface area contributed by atoms with Gasteiger partial charge in [0.05, 0.1) is 21.5 Å². The third kappa shape index (κ3) is 3.76. The number of nitrogens with zero attached hydrogens (tertiary/aromatic N) is 1. The maximum absolute atomic E-state index is 12.4. The molecule has 0 bridgehead atoms. The van der Waals surface area contributed by atoms with Crippen LogP contribution in [0.4, 0.5) is 0 Å². The van der Waals surface area contributed by atoms with Gasteiger partial charge in [0.15, 0.2) is 4.34 Å². The molecule has 0 saturated heterocycles. The topological polar surface area (TPSA) is 55.1 Å². The van der Waals surface area contributed by atoms with Crippen LogP contribution in [0.1, 0.15) is 31.4 Å².